The van der Waals surface area contributed by atoms with E-state index in [1.807, 2.05) is 54.9 Å². The van der Waals surface area contributed by atoms with E-state index < -0.39 is 5.91 Å². The van der Waals surface area contributed by atoms with Crippen LogP contribution in [0.4, 0.5) is 0 Å². The summed E-state index contributed by atoms with van der Waals surface area (Å²) in [5.74, 6) is 0.366. The molecule has 4 rings (SSSR count). The van der Waals surface area contributed by atoms with Crippen LogP contribution in [0.3, 0.4) is 0 Å². The standard InChI is InChI=1S/C19H15ClN2O3S/c1-3-24-14-6-4-5-11-9-15(25-17(11)14)18(23)21-19-22(2)13-8-7-12(20)10-16(13)26-19/h4-10H,3H2,1-2H3. The Bertz CT molecular complexity index is 1200. The highest BCUT2D eigenvalue weighted by molar-refractivity contribution is 7.16. The van der Waals surface area contributed by atoms with Crippen LogP contribution in [0.1, 0.15) is 17.5 Å². The van der Waals surface area contributed by atoms with Crippen molar-refractivity contribution >= 4 is 50.0 Å². The van der Waals surface area contributed by atoms with Crippen molar-refractivity contribution in [3.8, 4) is 5.75 Å². The van der Waals surface area contributed by atoms with Crippen molar-refractivity contribution in [1.82, 2.24) is 4.57 Å². The largest absolute Gasteiger partial charge is 0.490 e. The molecule has 2 heterocycles. The maximum Gasteiger partial charge on any atom is 0.315 e. The van der Waals surface area contributed by atoms with Crippen molar-refractivity contribution in [2.75, 3.05) is 6.61 Å². The van der Waals surface area contributed by atoms with Crippen LogP contribution in [0.5, 0.6) is 5.75 Å². The zero-order chi connectivity index (χ0) is 18.3. The summed E-state index contributed by atoms with van der Waals surface area (Å²) in [6, 6.07) is 12.8. The van der Waals surface area contributed by atoms with Gasteiger partial charge in [-0.15, -0.1) is 0 Å². The van der Waals surface area contributed by atoms with Crippen LogP contribution >= 0.6 is 22.9 Å². The van der Waals surface area contributed by atoms with E-state index in [0.717, 1.165) is 15.6 Å². The number of aromatic nitrogens is 1. The first-order valence-corrected chi connectivity index (χ1v) is 9.26. The number of nitrogens with zero attached hydrogens (tertiary/aromatic N) is 2. The van der Waals surface area contributed by atoms with Gasteiger partial charge in [0.25, 0.3) is 0 Å². The molecule has 0 saturated heterocycles. The number of fused-ring (bicyclic) bond motifs is 2. The summed E-state index contributed by atoms with van der Waals surface area (Å²) in [6.07, 6.45) is 0. The normalized spacial score (nSPS) is 12.2. The minimum absolute atomic E-state index is 0.183. The summed E-state index contributed by atoms with van der Waals surface area (Å²) in [5, 5.41) is 1.46. The lowest BCUT2D eigenvalue weighted by Crippen LogP contribution is -2.12. The lowest BCUT2D eigenvalue weighted by Gasteiger charge is -2.01. The lowest BCUT2D eigenvalue weighted by molar-refractivity contribution is 0.0973. The Hall–Kier alpha value is -2.57. The van der Waals surface area contributed by atoms with Crippen LogP contribution in [-0.4, -0.2) is 17.1 Å². The zero-order valence-corrected chi connectivity index (χ0v) is 15.7. The molecule has 0 atom stereocenters. The third-order valence-corrected chi connectivity index (χ3v) is 5.32. The molecule has 0 N–H and O–H groups in total. The quantitative estimate of drug-likeness (QED) is 0.509. The number of rotatable bonds is 3. The van der Waals surface area contributed by atoms with Gasteiger partial charge < -0.3 is 13.7 Å². The van der Waals surface area contributed by atoms with Crippen molar-refractivity contribution in [3.63, 3.8) is 0 Å². The molecule has 0 saturated carbocycles. The Balaban J connectivity index is 1.79. The summed E-state index contributed by atoms with van der Waals surface area (Å²) >= 11 is 7.44. The topological polar surface area (TPSA) is 56.7 Å². The minimum atomic E-state index is -0.433. The van der Waals surface area contributed by atoms with E-state index in [9.17, 15) is 4.79 Å². The Kier molecular flexibility index (Phi) is 4.30. The van der Waals surface area contributed by atoms with Crippen molar-refractivity contribution in [1.29, 1.82) is 0 Å². The van der Waals surface area contributed by atoms with Crippen LogP contribution < -0.4 is 9.54 Å². The van der Waals surface area contributed by atoms with E-state index >= 15 is 0 Å². The molecular formula is C19H15ClN2O3S. The number of para-hydroxylation sites is 1. The molecule has 0 aliphatic carbocycles. The van der Waals surface area contributed by atoms with Gasteiger partial charge in [-0.1, -0.05) is 35.1 Å². The van der Waals surface area contributed by atoms with Crippen LogP contribution in [0.25, 0.3) is 21.2 Å². The molecule has 0 bridgehead atoms. The second kappa shape index (κ2) is 6.63. The van der Waals surface area contributed by atoms with Gasteiger partial charge in [-0.3, -0.25) is 4.79 Å². The molecule has 0 aliphatic rings. The van der Waals surface area contributed by atoms with E-state index in [1.165, 1.54) is 11.3 Å². The number of furan rings is 1. The van der Waals surface area contributed by atoms with Gasteiger partial charge in [0, 0.05) is 17.5 Å². The number of thiazole rings is 1. The van der Waals surface area contributed by atoms with Crippen molar-refractivity contribution in [2.24, 2.45) is 12.0 Å². The summed E-state index contributed by atoms with van der Waals surface area (Å²) in [6.45, 7) is 2.42. The molecule has 2 aromatic carbocycles. The third kappa shape index (κ3) is 2.91. The van der Waals surface area contributed by atoms with Gasteiger partial charge in [0.15, 0.2) is 21.9 Å². The third-order valence-electron chi connectivity index (χ3n) is 3.99. The van der Waals surface area contributed by atoms with Crippen molar-refractivity contribution in [2.45, 2.75) is 6.92 Å². The average Bonchev–Trinajstić information content (AvgIpc) is 3.18. The fourth-order valence-corrected chi connectivity index (χ4v) is 4.06. The summed E-state index contributed by atoms with van der Waals surface area (Å²) in [7, 11) is 1.87. The van der Waals surface area contributed by atoms with Gasteiger partial charge in [0.2, 0.25) is 0 Å². The number of hydrogen-bond donors (Lipinski definition) is 0. The number of amides is 1. The first-order chi connectivity index (χ1) is 12.6. The average molecular weight is 387 g/mol. The van der Waals surface area contributed by atoms with E-state index in [0.29, 0.717) is 27.8 Å². The molecule has 2 aromatic heterocycles. The Morgan fingerprint density at radius 3 is 2.96 bits per heavy atom. The Morgan fingerprint density at radius 1 is 1.31 bits per heavy atom. The number of ether oxygens (including phenoxy) is 1. The maximum atomic E-state index is 12.6. The second-order valence-electron chi connectivity index (χ2n) is 5.69. The van der Waals surface area contributed by atoms with E-state index in [1.54, 1.807) is 6.07 Å². The summed E-state index contributed by atoms with van der Waals surface area (Å²) in [5.41, 5.74) is 1.52. The van der Waals surface area contributed by atoms with Gasteiger partial charge in [-0.05, 0) is 37.3 Å². The van der Waals surface area contributed by atoms with Gasteiger partial charge in [-0.2, -0.15) is 4.99 Å². The monoisotopic (exact) mass is 386 g/mol. The van der Waals surface area contributed by atoms with Gasteiger partial charge in [0.05, 0.1) is 16.8 Å². The second-order valence-corrected chi connectivity index (χ2v) is 7.14. The SMILES string of the molecule is CCOc1cccc2cc(C(=O)N=c3sc4cc(Cl)ccc4n3C)oc12. The lowest BCUT2D eigenvalue weighted by atomic mass is 10.2. The van der Waals surface area contributed by atoms with Crippen LogP contribution in [0.2, 0.25) is 5.02 Å². The molecule has 7 heteroatoms. The maximum absolute atomic E-state index is 12.6. The molecule has 0 unspecified atom stereocenters. The number of carbonyl (C=O) groups excluding carboxylic acids is 1. The number of halogens is 1. The minimum Gasteiger partial charge on any atom is -0.490 e. The summed E-state index contributed by atoms with van der Waals surface area (Å²) < 4.78 is 14.1. The highest BCUT2D eigenvalue weighted by Crippen LogP contribution is 2.29. The van der Waals surface area contributed by atoms with Crippen LogP contribution in [0.15, 0.2) is 51.9 Å². The van der Waals surface area contributed by atoms with Gasteiger partial charge in [0.1, 0.15) is 0 Å². The zero-order valence-electron chi connectivity index (χ0n) is 14.2. The molecule has 26 heavy (non-hydrogen) atoms. The highest BCUT2D eigenvalue weighted by Gasteiger charge is 2.15. The first kappa shape index (κ1) is 16.9. The van der Waals surface area contributed by atoms with E-state index in [4.69, 9.17) is 20.8 Å². The first-order valence-electron chi connectivity index (χ1n) is 8.06. The smallest absolute Gasteiger partial charge is 0.315 e. The van der Waals surface area contributed by atoms with E-state index in [-0.39, 0.29) is 5.76 Å². The van der Waals surface area contributed by atoms with Gasteiger partial charge in [-0.25, -0.2) is 0 Å². The number of aryl methyl sites for hydroxylation is 1. The molecule has 1 amide bonds. The van der Waals surface area contributed by atoms with Crippen molar-refractivity contribution < 1.29 is 13.9 Å². The van der Waals surface area contributed by atoms with E-state index in [2.05, 4.69) is 4.99 Å². The number of benzene rings is 2. The number of hydrogen-bond acceptors (Lipinski definition) is 4. The fourth-order valence-electron chi connectivity index (χ4n) is 2.77. The Morgan fingerprint density at radius 2 is 2.15 bits per heavy atom. The predicted molar refractivity (Wildman–Crippen MR) is 103 cm³/mol. The molecule has 0 spiro atoms. The van der Waals surface area contributed by atoms with Crippen LogP contribution in [0, 0.1) is 0 Å². The molecular weight excluding hydrogens is 372 g/mol. The molecule has 5 nitrogen and oxygen atoms in total. The van der Waals surface area contributed by atoms with Gasteiger partial charge >= 0.3 is 5.91 Å². The van der Waals surface area contributed by atoms with Crippen molar-refractivity contribution in [3.05, 3.63) is 58.0 Å². The summed E-state index contributed by atoms with van der Waals surface area (Å²) in [4.78, 5) is 17.4. The Labute approximate surface area is 158 Å². The number of carbonyl (C=O) groups is 1. The molecule has 0 fully saturated rings. The molecule has 0 aliphatic heterocycles. The molecule has 132 valence electrons. The predicted octanol–water partition coefficient (Wildman–Crippen LogP) is 4.78. The van der Waals surface area contributed by atoms with Crippen LogP contribution in [-0.2, 0) is 7.05 Å². The highest BCUT2D eigenvalue weighted by atomic mass is 35.5. The fraction of sp³-hybridized carbons (Fsp3) is 0.158. The molecule has 4 aromatic rings. The molecule has 0 radical (unpaired) electrons.